The normalized spacial score (nSPS) is 12.8. The number of ether oxygens (including phenoxy) is 2. The molecule has 1 atom stereocenters. The summed E-state index contributed by atoms with van der Waals surface area (Å²) in [7, 11) is -7.16. The van der Waals surface area contributed by atoms with Crippen molar-refractivity contribution in [1.29, 1.82) is 0 Å². The first-order chi connectivity index (χ1) is 14.7. The molecule has 10 heteroatoms. The van der Waals surface area contributed by atoms with Crippen LogP contribution in [0.25, 0.3) is 0 Å². The molecule has 1 N–H and O–H groups in total. The van der Waals surface area contributed by atoms with E-state index in [4.69, 9.17) is 9.47 Å². The van der Waals surface area contributed by atoms with Gasteiger partial charge in [-0.15, -0.1) is 0 Å². The van der Waals surface area contributed by atoms with Gasteiger partial charge in [0.05, 0.1) is 17.3 Å². The predicted molar refractivity (Wildman–Crippen MR) is 117 cm³/mol. The molecule has 0 spiro atoms. The molecule has 0 aliphatic rings. The van der Waals surface area contributed by atoms with Crippen LogP contribution in [0.3, 0.4) is 0 Å². The van der Waals surface area contributed by atoms with Crippen LogP contribution in [0, 0.1) is 0 Å². The maximum absolute atomic E-state index is 12.8. The Morgan fingerprint density at radius 1 is 0.968 bits per heavy atom. The van der Waals surface area contributed by atoms with Crippen LogP contribution >= 0.6 is 0 Å². The molecule has 31 heavy (non-hydrogen) atoms. The van der Waals surface area contributed by atoms with E-state index in [0.717, 1.165) is 5.56 Å². The second-order valence-electron chi connectivity index (χ2n) is 6.67. The molecule has 2 rings (SSSR count). The van der Waals surface area contributed by atoms with Crippen molar-refractivity contribution >= 4 is 25.8 Å². The number of hydrogen-bond donors (Lipinski definition) is 1. The number of rotatable bonds is 12. The number of sulfone groups is 1. The largest absolute Gasteiger partial charge is 0.493 e. The first kappa shape index (κ1) is 24.8. The molecule has 0 bridgehead atoms. The smallest absolute Gasteiger partial charge is 0.324 e. The van der Waals surface area contributed by atoms with E-state index < -0.39 is 31.9 Å². The van der Waals surface area contributed by atoms with E-state index in [-0.39, 0.29) is 36.0 Å². The lowest BCUT2D eigenvalue weighted by molar-refractivity contribution is -0.145. The van der Waals surface area contributed by atoms with Gasteiger partial charge in [-0.05, 0) is 43.2 Å². The molecule has 0 radical (unpaired) electrons. The third-order valence-corrected chi connectivity index (χ3v) is 7.54. The van der Waals surface area contributed by atoms with Crippen molar-refractivity contribution in [3.8, 4) is 5.75 Å². The Hall–Kier alpha value is -2.43. The van der Waals surface area contributed by atoms with Crippen molar-refractivity contribution in [3.63, 3.8) is 0 Å². The summed E-state index contributed by atoms with van der Waals surface area (Å²) in [5.41, 5.74) is 0.786. The van der Waals surface area contributed by atoms with Gasteiger partial charge in [-0.3, -0.25) is 4.79 Å². The standard InChI is InChI=1S/C21H27NO7S2/c1-3-28-21(23)20(16-17-8-6-5-7-9-17)22-31(26,27)19-12-10-18(11-13-19)29-14-15-30(24,25)4-2/h5-13,20,22H,3-4,14-16H2,1-2H3. The highest BCUT2D eigenvalue weighted by Gasteiger charge is 2.27. The third-order valence-electron chi connectivity index (χ3n) is 4.39. The van der Waals surface area contributed by atoms with Gasteiger partial charge in [0.1, 0.15) is 18.4 Å². The molecule has 0 fully saturated rings. The molecule has 0 saturated carbocycles. The van der Waals surface area contributed by atoms with Crippen molar-refractivity contribution < 1.29 is 31.1 Å². The first-order valence-corrected chi connectivity index (χ1v) is 13.1. The number of carbonyl (C=O) groups is 1. The zero-order chi connectivity index (χ0) is 22.9. The van der Waals surface area contributed by atoms with E-state index in [1.54, 1.807) is 38.1 Å². The Bertz CT molecular complexity index is 1050. The molecule has 0 amide bonds. The fourth-order valence-corrected chi connectivity index (χ4v) is 4.48. The minimum Gasteiger partial charge on any atom is -0.493 e. The Morgan fingerprint density at radius 2 is 1.61 bits per heavy atom. The van der Waals surface area contributed by atoms with Crippen LogP contribution in [0.5, 0.6) is 5.75 Å². The van der Waals surface area contributed by atoms with Gasteiger partial charge in [0.15, 0.2) is 9.84 Å². The average molecular weight is 470 g/mol. The highest BCUT2D eigenvalue weighted by atomic mass is 32.2. The van der Waals surface area contributed by atoms with E-state index in [0.29, 0.717) is 5.75 Å². The topological polar surface area (TPSA) is 116 Å². The summed E-state index contributed by atoms with van der Waals surface area (Å²) in [6.45, 7) is 3.31. The van der Waals surface area contributed by atoms with Crippen molar-refractivity contribution in [2.75, 3.05) is 24.7 Å². The quantitative estimate of drug-likeness (QED) is 0.472. The SMILES string of the molecule is CCOC(=O)C(Cc1ccccc1)NS(=O)(=O)c1ccc(OCCS(=O)(=O)CC)cc1. The van der Waals surface area contributed by atoms with Crippen molar-refractivity contribution in [2.24, 2.45) is 0 Å². The Balaban J connectivity index is 2.09. The summed E-state index contributed by atoms with van der Waals surface area (Å²) in [5, 5.41) is 0. The highest BCUT2D eigenvalue weighted by molar-refractivity contribution is 7.91. The zero-order valence-corrected chi connectivity index (χ0v) is 19.1. The summed E-state index contributed by atoms with van der Waals surface area (Å²) in [4.78, 5) is 12.3. The first-order valence-electron chi connectivity index (χ1n) is 9.83. The van der Waals surface area contributed by atoms with Gasteiger partial charge in [0, 0.05) is 5.75 Å². The number of esters is 1. The van der Waals surface area contributed by atoms with Crippen molar-refractivity contribution in [3.05, 3.63) is 60.2 Å². The van der Waals surface area contributed by atoms with Gasteiger partial charge in [0.25, 0.3) is 0 Å². The van der Waals surface area contributed by atoms with Gasteiger partial charge in [-0.2, -0.15) is 4.72 Å². The van der Waals surface area contributed by atoms with Crippen LogP contribution in [0.2, 0.25) is 0 Å². The molecule has 0 aliphatic carbocycles. The molecule has 2 aromatic carbocycles. The van der Waals surface area contributed by atoms with Crippen molar-refractivity contribution in [1.82, 2.24) is 4.72 Å². The van der Waals surface area contributed by atoms with Crippen LogP contribution in [0.1, 0.15) is 19.4 Å². The van der Waals surface area contributed by atoms with Crippen LogP contribution in [0.15, 0.2) is 59.5 Å². The van der Waals surface area contributed by atoms with Crippen LogP contribution in [0.4, 0.5) is 0 Å². The van der Waals surface area contributed by atoms with E-state index in [1.807, 2.05) is 6.07 Å². The molecule has 170 valence electrons. The maximum atomic E-state index is 12.8. The van der Waals surface area contributed by atoms with E-state index in [9.17, 15) is 21.6 Å². The number of hydrogen-bond acceptors (Lipinski definition) is 7. The number of nitrogens with one attached hydrogen (secondary N) is 1. The average Bonchev–Trinajstić information content (AvgIpc) is 2.74. The van der Waals surface area contributed by atoms with Crippen molar-refractivity contribution in [2.45, 2.75) is 31.2 Å². The van der Waals surface area contributed by atoms with Gasteiger partial charge < -0.3 is 9.47 Å². The lowest BCUT2D eigenvalue weighted by atomic mass is 10.1. The molecular formula is C21H27NO7S2. The molecule has 0 heterocycles. The van der Waals surface area contributed by atoms with Gasteiger partial charge in [0.2, 0.25) is 10.0 Å². The number of benzene rings is 2. The van der Waals surface area contributed by atoms with Gasteiger partial charge >= 0.3 is 5.97 Å². The van der Waals surface area contributed by atoms with Crippen LogP contribution in [-0.4, -0.2) is 53.6 Å². The highest BCUT2D eigenvalue weighted by Crippen LogP contribution is 2.17. The van der Waals surface area contributed by atoms with E-state index >= 15 is 0 Å². The Morgan fingerprint density at radius 3 is 2.19 bits per heavy atom. The Labute approximate surface area is 183 Å². The second-order valence-corrected chi connectivity index (χ2v) is 10.9. The predicted octanol–water partition coefficient (Wildman–Crippen LogP) is 1.95. The van der Waals surface area contributed by atoms with E-state index in [1.165, 1.54) is 24.3 Å². The van der Waals surface area contributed by atoms with E-state index in [2.05, 4.69) is 4.72 Å². The zero-order valence-electron chi connectivity index (χ0n) is 17.5. The Kier molecular flexibility index (Phi) is 9.02. The summed E-state index contributed by atoms with van der Waals surface area (Å²) in [6.07, 6.45) is 0.145. The minimum absolute atomic E-state index is 0.0253. The fraction of sp³-hybridized carbons (Fsp3) is 0.381. The van der Waals surface area contributed by atoms with Gasteiger partial charge in [-0.25, -0.2) is 16.8 Å². The minimum atomic E-state index is -4.01. The molecule has 0 saturated heterocycles. The van der Waals surface area contributed by atoms with Crippen LogP contribution < -0.4 is 9.46 Å². The summed E-state index contributed by atoms with van der Waals surface area (Å²) in [5.74, 6) is -0.404. The number of sulfonamides is 1. The van der Waals surface area contributed by atoms with Gasteiger partial charge in [-0.1, -0.05) is 37.3 Å². The molecule has 8 nitrogen and oxygen atoms in total. The van der Waals surface area contributed by atoms with Crippen LogP contribution in [-0.2, 0) is 35.8 Å². The monoisotopic (exact) mass is 469 g/mol. The summed E-state index contributed by atoms with van der Waals surface area (Å²) in [6, 6.07) is 13.5. The lowest BCUT2D eigenvalue weighted by Gasteiger charge is -2.18. The summed E-state index contributed by atoms with van der Waals surface area (Å²) >= 11 is 0. The maximum Gasteiger partial charge on any atom is 0.324 e. The molecule has 0 aliphatic heterocycles. The lowest BCUT2D eigenvalue weighted by Crippen LogP contribution is -2.43. The third kappa shape index (κ3) is 7.97. The molecular weight excluding hydrogens is 442 g/mol. The number of carbonyl (C=O) groups excluding carboxylic acids is 1. The molecule has 2 aromatic rings. The molecule has 0 aromatic heterocycles. The summed E-state index contributed by atoms with van der Waals surface area (Å²) < 4.78 is 61.4. The second kappa shape index (κ2) is 11.3. The fourth-order valence-electron chi connectivity index (χ4n) is 2.67. The molecule has 1 unspecified atom stereocenters.